The number of benzene rings is 2. The summed E-state index contributed by atoms with van der Waals surface area (Å²) in [6, 6.07) is 17.4. The molecule has 4 N–H and O–H groups in total. The van der Waals surface area contributed by atoms with Crippen molar-refractivity contribution in [1.29, 1.82) is 0 Å². The van der Waals surface area contributed by atoms with Crippen molar-refractivity contribution in [3.05, 3.63) is 99.5 Å². The number of hydrogen-bond acceptors (Lipinski definition) is 16. The maximum Gasteiger partial charge on any atom is 0.489 e. The highest BCUT2D eigenvalue weighted by molar-refractivity contribution is 6.62. The zero-order valence-corrected chi connectivity index (χ0v) is 38.4. The molecule has 4 aromatic heterocycles. The third kappa shape index (κ3) is 16.7. The summed E-state index contributed by atoms with van der Waals surface area (Å²) in [5, 5.41) is 36.6. The second-order valence-corrected chi connectivity index (χ2v) is 15.0. The van der Waals surface area contributed by atoms with Gasteiger partial charge in [-0.1, -0.05) is 93.8 Å². The second-order valence-electron chi connectivity index (χ2n) is 13.8. The van der Waals surface area contributed by atoms with Crippen molar-refractivity contribution in [2.45, 2.75) is 78.4 Å². The van der Waals surface area contributed by atoms with Crippen LogP contribution >= 0.6 is 34.8 Å². The first-order valence-corrected chi connectivity index (χ1v) is 21.7. The van der Waals surface area contributed by atoms with Gasteiger partial charge in [-0.2, -0.15) is 24.9 Å². The molecule has 0 aliphatic rings. The summed E-state index contributed by atoms with van der Waals surface area (Å²) in [7, 11) is 1.37. The summed E-state index contributed by atoms with van der Waals surface area (Å²) >= 11 is 17.8. The number of aliphatic hydroxyl groups excluding tert-OH is 2. The lowest BCUT2D eigenvalue weighted by molar-refractivity contribution is 0.281. The Morgan fingerprint density at radius 1 is 0.547 bits per heavy atom. The fourth-order valence-electron chi connectivity index (χ4n) is 5.59. The molecule has 6 rings (SSSR count). The Bertz CT molecular complexity index is 2320. The molecule has 0 radical (unpaired) electrons. The minimum atomic E-state index is -1.59. The van der Waals surface area contributed by atoms with Gasteiger partial charge in [0.15, 0.2) is 17.5 Å². The van der Waals surface area contributed by atoms with E-state index in [1.165, 1.54) is 58.5 Å². The van der Waals surface area contributed by atoms with Crippen LogP contribution in [0, 0.1) is 0 Å². The van der Waals surface area contributed by atoms with Gasteiger partial charge in [0.2, 0.25) is 17.0 Å². The van der Waals surface area contributed by atoms with E-state index in [4.69, 9.17) is 68.9 Å². The lowest BCUT2D eigenvalue weighted by Gasteiger charge is -2.09. The summed E-state index contributed by atoms with van der Waals surface area (Å²) in [6.07, 6.45) is 12.5. The van der Waals surface area contributed by atoms with Gasteiger partial charge in [0.25, 0.3) is 0 Å². The second kappa shape index (κ2) is 27.8. The van der Waals surface area contributed by atoms with Crippen molar-refractivity contribution < 1.29 is 39.2 Å². The zero-order valence-electron chi connectivity index (χ0n) is 36.1. The van der Waals surface area contributed by atoms with Crippen molar-refractivity contribution in [3.63, 3.8) is 0 Å². The maximum atomic E-state index is 9.42. The van der Waals surface area contributed by atoms with Crippen LogP contribution in [0.5, 0.6) is 23.8 Å². The van der Waals surface area contributed by atoms with E-state index >= 15 is 0 Å². The van der Waals surface area contributed by atoms with Crippen LogP contribution in [0.3, 0.4) is 0 Å². The van der Waals surface area contributed by atoms with Crippen LogP contribution < -0.4 is 24.4 Å². The Hall–Kier alpha value is -5.27. The molecule has 20 heteroatoms. The molecule has 0 bridgehead atoms. The number of unbranched alkanes of at least 4 members (excludes halogenated alkanes) is 6. The van der Waals surface area contributed by atoms with Crippen molar-refractivity contribution in [2.75, 3.05) is 27.4 Å². The minimum Gasteiger partial charge on any atom is -0.478 e. The van der Waals surface area contributed by atoms with Gasteiger partial charge in [-0.15, -0.1) is 0 Å². The third-order valence-electron chi connectivity index (χ3n) is 9.03. The average molecular weight is 938 g/mol. The van der Waals surface area contributed by atoms with Gasteiger partial charge in [-0.05, 0) is 65.9 Å². The van der Waals surface area contributed by atoms with E-state index in [1.807, 2.05) is 12.1 Å². The van der Waals surface area contributed by atoms with Gasteiger partial charge in [0.05, 0.1) is 45.7 Å². The molecule has 0 atom stereocenters. The molecule has 0 spiro atoms. The van der Waals surface area contributed by atoms with Gasteiger partial charge in [-0.25, -0.2) is 15.0 Å². The molecule has 0 aliphatic carbocycles. The number of halogens is 3. The summed E-state index contributed by atoms with van der Waals surface area (Å²) < 4.78 is 21.5. The molecule has 0 saturated heterocycles. The third-order valence-corrected chi connectivity index (χ3v) is 9.87. The van der Waals surface area contributed by atoms with E-state index < -0.39 is 7.12 Å². The minimum absolute atomic E-state index is 0.0816. The van der Waals surface area contributed by atoms with Crippen LogP contribution in [-0.2, 0) is 13.2 Å². The first kappa shape index (κ1) is 51.4. The van der Waals surface area contributed by atoms with Crippen molar-refractivity contribution >= 4 is 47.4 Å². The highest BCUT2D eigenvalue weighted by Crippen LogP contribution is 2.29. The summed E-state index contributed by atoms with van der Waals surface area (Å²) in [5.74, 6) is 2.33. The Balaban J connectivity index is 0.000000230. The molecular weight excluding hydrogens is 886 g/mol. The number of pyridine rings is 2. The van der Waals surface area contributed by atoms with Crippen LogP contribution in [0.15, 0.2) is 73.1 Å². The molecule has 0 amide bonds. The number of aromatic nitrogens is 8. The molecular formula is C44H52BCl3N8O8. The van der Waals surface area contributed by atoms with Gasteiger partial charge >= 0.3 is 19.1 Å². The number of rotatable bonds is 20. The smallest absolute Gasteiger partial charge is 0.478 e. The van der Waals surface area contributed by atoms with Crippen LogP contribution in [0.1, 0.15) is 76.3 Å². The number of methoxy groups -OCH3 is 2. The first-order chi connectivity index (χ1) is 31.0. The van der Waals surface area contributed by atoms with Crippen LogP contribution in [0.25, 0.3) is 34.2 Å². The normalized spacial score (nSPS) is 10.5. The summed E-state index contributed by atoms with van der Waals surface area (Å²) in [4.78, 5) is 33.8. The van der Waals surface area contributed by atoms with E-state index in [-0.39, 0.29) is 41.0 Å². The van der Waals surface area contributed by atoms with Gasteiger partial charge in [0.1, 0.15) is 0 Å². The van der Waals surface area contributed by atoms with E-state index in [1.54, 1.807) is 48.8 Å². The first-order valence-electron chi connectivity index (χ1n) is 20.6. The summed E-state index contributed by atoms with van der Waals surface area (Å²) in [5.41, 5.74) is 3.53. The SMILES string of the molecule is CCCCCCOc1ccc(-c2nc(Cl)nc(OC)n2)cn1.CCCCCCOc1ccc(-c2nc(OC)nc(-c3cc(CO)ccc3Cl)n2)cn1.OCc1ccc(Cl)c(B(O)O)c1. The van der Waals surface area contributed by atoms with Gasteiger partial charge in [-0.3, -0.25) is 0 Å². The average Bonchev–Trinajstić information content (AvgIpc) is 3.32. The monoisotopic (exact) mass is 936 g/mol. The van der Waals surface area contributed by atoms with Crippen molar-refractivity contribution in [1.82, 2.24) is 39.9 Å². The van der Waals surface area contributed by atoms with Crippen LogP contribution in [-0.4, -0.2) is 94.7 Å². The molecule has 6 aromatic rings. The summed E-state index contributed by atoms with van der Waals surface area (Å²) in [6.45, 7) is 5.44. The quantitative estimate of drug-likeness (QED) is 0.0424. The molecule has 64 heavy (non-hydrogen) atoms. The molecule has 0 aliphatic heterocycles. The molecule has 0 unspecified atom stereocenters. The maximum absolute atomic E-state index is 9.42. The number of nitrogens with zero attached hydrogens (tertiary/aromatic N) is 8. The van der Waals surface area contributed by atoms with Crippen molar-refractivity contribution in [2.24, 2.45) is 0 Å². The molecule has 0 saturated carbocycles. The Kier molecular flexibility index (Phi) is 22.3. The highest BCUT2D eigenvalue weighted by Gasteiger charge is 2.16. The Labute approximate surface area is 388 Å². The molecule has 340 valence electrons. The van der Waals surface area contributed by atoms with Gasteiger partial charge in [0, 0.05) is 51.7 Å². The van der Waals surface area contributed by atoms with Gasteiger partial charge < -0.3 is 39.2 Å². The number of hydrogen-bond donors (Lipinski definition) is 4. The Morgan fingerprint density at radius 3 is 1.53 bits per heavy atom. The zero-order chi connectivity index (χ0) is 46.3. The predicted molar refractivity (Wildman–Crippen MR) is 247 cm³/mol. The Morgan fingerprint density at radius 2 is 1.05 bits per heavy atom. The van der Waals surface area contributed by atoms with E-state index in [0.29, 0.717) is 69.7 Å². The van der Waals surface area contributed by atoms with E-state index in [2.05, 4.69) is 53.7 Å². The molecule has 2 aromatic carbocycles. The standard InChI is InChI=1S/C22H25ClN4O3.C15H19ClN4O2.C7H8BClO3/c1-3-4-5-6-11-30-19-10-8-16(13-24-19)20-25-21(27-22(26-20)29-2)17-12-15(14-28)7-9-18(17)23;1-3-4-5-6-9-22-12-8-7-11(10-17-12)13-18-14(16)20-15(19-13)21-2;9-7-2-1-5(4-10)3-6(7)8(11)12/h7-10,12-13,28H,3-6,11,14H2,1-2H3;7-8,10H,3-6,9H2,1-2H3;1-3,10-12H,4H2. The lowest BCUT2D eigenvalue weighted by Crippen LogP contribution is -2.31. The highest BCUT2D eigenvalue weighted by atomic mass is 35.5. The van der Waals surface area contributed by atoms with Crippen molar-refractivity contribution in [3.8, 4) is 57.9 Å². The topological polar surface area (TPSA) is 221 Å². The lowest BCUT2D eigenvalue weighted by atomic mass is 9.79. The molecule has 16 nitrogen and oxygen atoms in total. The number of ether oxygens (including phenoxy) is 4. The fourth-order valence-corrected chi connectivity index (χ4v) is 6.16. The van der Waals surface area contributed by atoms with Crippen LogP contribution in [0.4, 0.5) is 0 Å². The molecule has 0 fully saturated rings. The molecule has 4 heterocycles. The number of aliphatic hydroxyl groups is 2. The van der Waals surface area contributed by atoms with E-state index in [0.717, 1.165) is 24.8 Å². The fraction of sp³-hybridized carbons (Fsp3) is 0.364. The van der Waals surface area contributed by atoms with Crippen LogP contribution in [0.2, 0.25) is 15.3 Å². The van der Waals surface area contributed by atoms with E-state index in [9.17, 15) is 5.11 Å². The largest absolute Gasteiger partial charge is 0.489 e. The predicted octanol–water partition coefficient (Wildman–Crippen LogP) is 7.78.